The smallest absolute Gasteiger partial charge is 0.220 e. The van der Waals surface area contributed by atoms with E-state index in [2.05, 4.69) is 56.0 Å². The lowest BCUT2D eigenvalue weighted by molar-refractivity contribution is 0.233. The Kier molecular flexibility index (Phi) is 6.84. The van der Waals surface area contributed by atoms with E-state index in [0.29, 0.717) is 10.0 Å². The van der Waals surface area contributed by atoms with Crippen LogP contribution in [0.3, 0.4) is 0 Å². The number of hydrogen-bond acceptors (Lipinski definition) is 2. The molecule has 146 valence electrons. The maximum absolute atomic E-state index is 6.64. The van der Waals surface area contributed by atoms with Crippen molar-refractivity contribution in [3.8, 4) is 0 Å². The molecule has 0 bridgehead atoms. The summed E-state index contributed by atoms with van der Waals surface area (Å²) in [4.78, 5) is 0. The molecular weight excluding hydrogens is 405 g/mol. The summed E-state index contributed by atoms with van der Waals surface area (Å²) < 4.78 is 6.58. The number of anilines is 1. The van der Waals surface area contributed by atoms with Crippen molar-refractivity contribution in [1.29, 1.82) is 0 Å². The maximum atomic E-state index is 6.64. The molecule has 0 amide bonds. The average molecular weight is 430 g/mol. The molecule has 1 atom stereocenters. The molecule has 3 aromatic rings. The molecule has 0 radical (unpaired) electrons. The van der Waals surface area contributed by atoms with Gasteiger partial charge in [-0.25, -0.2) is 0 Å². The first-order valence-electron chi connectivity index (χ1n) is 9.36. The molecule has 0 heterocycles. The van der Waals surface area contributed by atoms with Gasteiger partial charge in [0.25, 0.3) is 0 Å². The van der Waals surface area contributed by atoms with Crippen molar-refractivity contribution in [3.05, 3.63) is 100 Å². The average Bonchev–Trinajstić information content (AvgIpc) is 2.66. The van der Waals surface area contributed by atoms with Crippen molar-refractivity contribution >= 4 is 37.2 Å². The minimum Gasteiger partial charge on any atom is -0.320 e. The highest BCUT2D eigenvalue weighted by atomic mass is 35.5. The van der Waals surface area contributed by atoms with Gasteiger partial charge in [0.2, 0.25) is 8.32 Å². The molecule has 0 aliphatic carbocycles. The summed E-state index contributed by atoms with van der Waals surface area (Å²) in [5.41, 5.74) is 3.23. The fourth-order valence-electron chi connectivity index (χ4n) is 3.09. The second-order valence-corrected chi connectivity index (χ2v) is 13.0. The van der Waals surface area contributed by atoms with Crippen LogP contribution >= 0.6 is 23.2 Å². The Morgan fingerprint density at radius 1 is 0.857 bits per heavy atom. The summed E-state index contributed by atoms with van der Waals surface area (Å²) >= 11 is 12.8. The molecule has 0 aliphatic heterocycles. The van der Waals surface area contributed by atoms with Crippen molar-refractivity contribution in [2.75, 3.05) is 5.06 Å². The van der Waals surface area contributed by atoms with Crippen LogP contribution in [0.4, 0.5) is 5.69 Å². The first kappa shape index (κ1) is 20.9. The van der Waals surface area contributed by atoms with E-state index in [9.17, 15) is 0 Å². The highest BCUT2D eigenvalue weighted by Gasteiger charge is 2.29. The van der Waals surface area contributed by atoms with Crippen LogP contribution in [-0.2, 0) is 10.9 Å². The number of halogens is 2. The van der Waals surface area contributed by atoms with Gasteiger partial charge in [0, 0.05) is 10.0 Å². The van der Waals surface area contributed by atoms with E-state index in [0.717, 1.165) is 17.7 Å². The number of hydrogen-bond donors (Lipinski definition) is 0. The molecular formula is C23H25Cl2NOSi. The Morgan fingerprint density at radius 2 is 1.46 bits per heavy atom. The van der Waals surface area contributed by atoms with Crippen LogP contribution in [0.25, 0.3) is 0 Å². The zero-order chi connectivity index (χ0) is 20.1. The van der Waals surface area contributed by atoms with Crippen molar-refractivity contribution in [1.82, 2.24) is 0 Å². The van der Waals surface area contributed by atoms with Crippen molar-refractivity contribution in [3.63, 3.8) is 0 Å². The predicted molar refractivity (Wildman–Crippen MR) is 123 cm³/mol. The molecule has 0 aliphatic rings. The molecule has 3 aromatic carbocycles. The first-order valence-corrected chi connectivity index (χ1v) is 13.5. The normalized spacial score (nSPS) is 12.6. The number of benzene rings is 3. The van der Waals surface area contributed by atoms with Gasteiger partial charge in [0.15, 0.2) is 0 Å². The summed E-state index contributed by atoms with van der Waals surface area (Å²) in [6.45, 7) is 6.56. The zero-order valence-electron chi connectivity index (χ0n) is 16.4. The lowest BCUT2D eigenvalue weighted by Gasteiger charge is -2.38. The first-order chi connectivity index (χ1) is 13.3. The fraction of sp³-hybridized carbons (Fsp3) is 0.217. The molecule has 0 saturated heterocycles. The Bertz CT molecular complexity index is 897. The Balaban J connectivity index is 2.10. The largest absolute Gasteiger partial charge is 0.320 e. The Morgan fingerprint density at radius 3 is 2.04 bits per heavy atom. The summed E-state index contributed by atoms with van der Waals surface area (Å²) in [5, 5.41) is 3.31. The summed E-state index contributed by atoms with van der Waals surface area (Å²) in [6, 6.07) is 26.2. The zero-order valence-corrected chi connectivity index (χ0v) is 18.9. The highest BCUT2D eigenvalue weighted by molar-refractivity contribution is 6.69. The van der Waals surface area contributed by atoms with E-state index in [1.54, 1.807) is 6.07 Å². The predicted octanol–water partition coefficient (Wildman–Crippen LogP) is 7.55. The topological polar surface area (TPSA) is 12.5 Å². The van der Waals surface area contributed by atoms with Gasteiger partial charge in [-0.1, -0.05) is 77.8 Å². The van der Waals surface area contributed by atoms with Crippen LogP contribution in [0.5, 0.6) is 0 Å². The number of hydroxylamine groups is 1. The van der Waals surface area contributed by atoms with Gasteiger partial charge < -0.3 is 4.53 Å². The maximum Gasteiger partial charge on any atom is 0.220 e. The van der Waals surface area contributed by atoms with Crippen LogP contribution in [0.1, 0.15) is 17.2 Å². The van der Waals surface area contributed by atoms with E-state index >= 15 is 0 Å². The quantitative estimate of drug-likeness (QED) is 0.283. The molecule has 0 fully saturated rings. The SMILES string of the molecule is C[Si](C)(C)ON(c1ccccc1)C(Cc1ccccc1)c1ccc(Cl)cc1Cl. The minimum atomic E-state index is -1.89. The highest BCUT2D eigenvalue weighted by Crippen LogP contribution is 2.36. The van der Waals surface area contributed by atoms with E-state index in [4.69, 9.17) is 27.7 Å². The summed E-state index contributed by atoms with van der Waals surface area (Å²) in [7, 11) is -1.89. The van der Waals surface area contributed by atoms with E-state index in [-0.39, 0.29) is 6.04 Å². The van der Waals surface area contributed by atoms with E-state index < -0.39 is 8.32 Å². The number of para-hydroxylation sites is 1. The van der Waals surface area contributed by atoms with Crippen molar-refractivity contribution in [2.24, 2.45) is 0 Å². The third kappa shape index (κ3) is 5.61. The van der Waals surface area contributed by atoms with Crippen LogP contribution < -0.4 is 5.06 Å². The third-order valence-electron chi connectivity index (χ3n) is 4.26. The molecule has 0 aromatic heterocycles. The Labute approximate surface area is 178 Å². The van der Waals surface area contributed by atoms with E-state index in [1.165, 1.54) is 5.56 Å². The molecule has 0 spiro atoms. The Hall–Kier alpha value is -1.78. The van der Waals surface area contributed by atoms with Gasteiger partial charge in [0.05, 0.1) is 11.7 Å². The molecule has 0 saturated carbocycles. The molecule has 28 heavy (non-hydrogen) atoms. The van der Waals surface area contributed by atoms with Crippen molar-refractivity contribution in [2.45, 2.75) is 32.1 Å². The van der Waals surface area contributed by atoms with E-state index in [1.807, 2.05) is 41.5 Å². The van der Waals surface area contributed by atoms with Crippen LogP contribution in [0, 0.1) is 0 Å². The van der Waals surface area contributed by atoms with Crippen LogP contribution in [-0.4, -0.2) is 8.32 Å². The summed E-state index contributed by atoms with van der Waals surface area (Å²) in [5.74, 6) is 0. The minimum absolute atomic E-state index is 0.0821. The summed E-state index contributed by atoms with van der Waals surface area (Å²) in [6.07, 6.45) is 0.765. The molecule has 3 rings (SSSR count). The lowest BCUT2D eigenvalue weighted by atomic mass is 9.98. The second kappa shape index (κ2) is 9.14. The van der Waals surface area contributed by atoms with Gasteiger partial charge >= 0.3 is 0 Å². The third-order valence-corrected chi connectivity index (χ3v) is 5.57. The van der Waals surface area contributed by atoms with Gasteiger partial charge in [0.1, 0.15) is 0 Å². The molecule has 2 nitrogen and oxygen atoms in total. The number of rotatable bonds is 7. The van der Waals surface area contributed by atoms with Crippen molar-refractivity contribution < 1.29 is 4.53 Å². The molecule has 1 unspecified atom stereocenters. The fourth-order valence-corrected chi connectivity index (χ4v) is 4.45. The molecule has 5 heteroatoms. The van der Waals surface area contributed by atoms with Gasteiger partial charge in [-0.2, -0.15) is 0 Å². The van der Waals surface area contributed by atoms with Gasteiger partial charge in [-0.05, 0) is 61.5 Å². The van der Waals surface area contributed by atoms with Crippen LogP contribution in [0.15, 0.2) is 78.9 Å². The van der Waals surface area contributed by atoms with Gasteiger partial charge in [-0.3, -0.25) is 5.06 Å². The monoisotopic (exact) mass is 429 g/mol. The lowest BCUT2D eigenvalue weighted by Crippen LogP contribution is -2.40. The van der Waals surface area contributed by atoms with Gasteiger partial charge in [-0.15, -0.1) is 0 Å². The number of nitrogens with zero attached hydrogens (tertiary/aromatic N) is 1. The standard InChI is InChI=1S/C23H25Cl2NOSi/c1-28(2,3)27-26(20-12-8-5-9-13-20)23(16-18-10-6-4-7-11-18)21-15-14-19(24)17-22(21)25/h4-15,17,23H,16H2,1-3H3. The van der Waals surface area contributed by atoms with Crippen LogP contribution in [0.2, 0.25) is 29.7 Å². The second-order valence-electron chi connectivity index (χ2n) is 7.74. The molecule has 0 N–H and O–H groups in total.